The summed E-state index contributed by atoms with van der Waals surface area (Å²) in [5.74, 6) is -2.95. The molecule has 0 unspecified atom stereocenters. The van der Waals surface area contributed by atoms with Crippen LogP contribution in [0.2, 0.25) is 0 Å². The van der Waals surface area contributed by atoms with E-state index in [1.807, 2.05) is 0 Å². The van der Waals surface area contributed by atoms with Crippen LogP contribution in [0.3, 0.4) is 0 Å². The molecule has 0 heterocycles. The number of aromatic carboxylic acids is 1. The van der Waals surface area contributed by atoms with Gasteiger partial charge in [0.2, 0.25) is 0 Å². The van der Waals surface area contributed by atoms with Crippen LogP contribution in [0.25, 0.3) is 0 Å². The van der Waals surface area contributed by atoms with Gasteiger partial charge < -0.3 is 10.2 Å². The maximum Gasteiger partial charge on any atom is 0.339 e. The van der Waals surface area contributed by atoms with E-state index in [1.54, 1.807) is 0 Å². The van der Waals surface area contributed by atoms with E-state index in [0.717, 1.165) is 18.2 Å². The Hall–Kier alpha value is -2.24. The first-order valence-electron chi connectivity index (χ1n) is 3.50. The molecule has 0 radical (unpaired) electrons. The van der Waals surface area contributed by atoms with Crippen molar-refractivity contribution in [3.8, 4) is 5.75 Å². The number of rotatable bonds is 2. The average molecular weight is 195 g/mol. The van der Waals surface area contributed by atoms with Gasteiger partial charge in [0.05, 0.1) is 0 Å². The molecule has 6 heteroatoms. The first-order valence-corrected chi connectivity index (χ1v) is 3.50. The van der Waals surface area contributed by atoms with E-state index in [0.29, 0.717) is 0 Å². The average Bonchev–Trinajstić information content (AvgIpc) is 2.15. The quantitative estimate of drug-likeness (QED) is 0.685. The molecule has 1 rings (SSSR count). The topological polar surface area (TPSA) is 104 Å². The van der Waals surface area contributed by atoms with Crippen LogP contribution in [0.15, 0.2) is 23.4 Å². The van der Waals surface area contributed by atoms with Gasteiger partial charge in [0.25, 0.3) is 0 Å². The van der Waals surface area contributed by atoms with Gasteiger partial charge in [0.15, 0.2) is 0 Å². The molecular weight excluding hydrogens is 190 g/mol. The van der Waals surface area contributed by atoms with Crippen molar-refractivity contribution in [1.29, 1.82) is 0 Å². The lowest BCUT2D eigenvalue weighted by Gasteiger charge is -1.99. The van der Waals surface area contributed by atoms with Crippen LogP contribution in [-0.4, -0.2) is 22.1 Å². The second-order valence-corrected chi connectivity index (χ2v) is 2.43. The largest absolute Gasteiger partial charge is 0.507 e. The maximum atomic E-state index is 10.7. The minimum atomic E-state index is -1.32. The molecule has 72 valence electrons. The molecule has 0 saturated heterocycles. The Morgan fingerprint density at radius 2 is 1.93 bits per heavy atom. The number of aromatic hydroxyl groups is 1. The molecule has 0 aromatic heterocycles. The number of benzene rings is 1. The molecule has 14 heavy (non-hydrogen) atoms. The van der Waals surface area contributed by atoms with Gasteiger partial charge in [-0.2, -0.15) is 0 Å². The SMILES string of the molecule is O=NC(=O)c1ccc(C(=O)O)c(O)c1. The molecule has 0 bridgehead atoms. The molecule has 0 atom stereocenters. The highest BCUT2D eigenvalue weighted by Crippen LogP contribution is 2.19. The summed E-state index contributed by atoms with van der Waals surface area (Å²) in [7, 11) is 0. The molecule has 2 N–H and O–H groups in total. The highest BCUT2D eigenvalue weighted by atomic mass is 16.4. The second kappa shape index (κ2) is 3.65. The van der Waals surface area contributed by atoms with E-state index in [9.17, 15) is 14.5 Å². The zero-order chi connectivity index (χ0) is 10.7. The van der Waals surface area contributed by atoms with Gasteiger partial charge in [-0.1, -0.05) is 0 Å². The minimum Gasteiger partial charge on any atom is -0.507 e. The van der Waals surface area contributed by atoms with E-state index in [1.165, 1.54) is 0 Å². The molecule has 1 aromatic carbocycles. The Morgan fingerprint density at radius 1 is 1.29 bits per heavy atom. The number of hydrogen-bond donors (Lipinski definition) is 2. The lowest BCUT2D eigenvalue weighted by Crippen LogP contribution is -1.99. The summed E-state index contributed by atoms with van der Waals surface area (Å²) in [6.07, 6.45) is 0. The van der Waals surface area contributed by atoms with Crippen LogP contribution >= 0.6 is 0 Å². The number of nitrogens with zero attached hydrogens (tertiary/aromatic N) is 1. The lowest BCUT2D eigenvalue weighted by molar-refractivity contribution is 0.0693. The van der Waals surface area contributed by atoms with Gasteiger partial charge in [-0.25, -0.2) is 4.79 Å². The highest BCUT2D eigenvalue weighted by molar-refractivity contribution is 5.97. The predicted octanol–water partition coefficient (Wildman–Crippen LogP) is 0.997. The zero-order valence-electron chi connectivity index (χ0n) is 6.80. The van der Waals surface area contributed by atoms with Crippen molar-refractivity contribution in [3.63, 3.8) is 0 Å². The fourth-order valence-electron chi connectivity index (χ4n) is 0.898. The van der Waals surface area contributed by atoms with Crippen molar-refractivity contribution in [3.05, 3.63) is 34.2 Å². The van der Waals surface area contributed by atoms with Gasteiger partial charge in [-0.15, -0.1) is 4.91 Å². The summed E-state index contributed by atoms with van der Waals surface area (Å²) in [5.41, 5.74) is -0.491. The summed E-state index contributed by atoms with van der Waals surface area (Å²) >= 11 is 0. The third-order valence-electron chi connectivity index (χ3n) is 1.56. The normalized spacial score (nSPS) is 9.43. The number of nitroso groups, excluding NO2 is 1. The lowest BCUT2D eigenvalue weighted by atomic mass is 10.1. The van der Waals surface area contributed by atoms with Gasteiger partial charge >= 0.3 is 11.9 Å². The number of carbonyl (C=O) groups is 2. The number of carbonyl (C=O) groups excluding carboxylic acids is 1. The molecular formula is C8H5NO5. The Bertz CT molecular complexity index is 412. The van der Waals surface area contributed by atoms with Crippen molar-refractivity contribution >= 4 is 11.9 Å². The predicted molar refractivity (Wildman–Crippen MR) is 45.2 cm³/mol. The summed E-state index contributed by atoms with van der Waals surface area (Å²) < 4.78 is 0. The van der Waals surface area contributed by atoms with Crippen LogP contribution < -0.4 is 0 Å². The summed E-state index contributed by atoms with van der Waals surface area (Å²) in [4.78, 5) is 31.0. The summed E-state index contributed by atoms with van der Waals surface area (Å²) in [5, 5.41) is 19.8. The van der Waals surface area contributed by atoms with Crippen LogP contribution in [0.5, 0.6) is 5.75 Å². The Kier molecular flexibility index (Phi) is 2.57. The molecule has 1 amide bonds. The molecule has 0 aliphatic heterocycles. The molecule has 0 spiro atoms. The Morgan fingerprint density at radius 3 is 2.36 bits per heavy atom. The van der Waals surface area contributed by atoms with E-state index in [-0.39, 0.29) is 11.1 Å². The number of hydrogen-bond acceptors (Lipinski definition) is 4. The monoisotopic (exact) mass is 195 g/mol. The number of amides is 1. The van der Waals surface area contributed by atoms with E-state index >= 15 is 0 Å². The van der Waals surface area contributed by atoms with Crippen molar-refractivity contribution in [2.24, 2.45) is 5.18 Å². The first-order chi connectivity index (χ1) is 6.56. The highest BCUT2D eigenvalue weighted by Gasteiger charge is 2.13. The number of phenols is 1. The fourth-order valence-corrected chi connectivity index (χ4v) is 0.898. The first kappa shape index (κ1) is 9.85. The van der Waals surface area contributed by atoms with Crippen LogP contribution in [0.4, 0.5) is 0 Å². The Balaban J connectivity index is 3.19. The van der Waals surface area contributed by atoms with Crippen LogP contribution in [0.1, 0.15) is 20.7 Å². The smallest absolute Gasteiger partial charge is 0.339 e. The van der Waals surface area contributed by atoms with E-state index in [2.05, 4.69) is 5.18 Å². The van der Waals surface area contributed by atoms with Crippen molar-refractivity contribution in [1.82, 2.24) is 0 Å². The van der Waals surface area contributed by atoms with Gasteiger partial charge in [-0.3, -0.25) is 4.79 Å². The molecule has 0 aliphatic carbocycles. The maximum absolute atomic E-state index is 10.7. The second-order valence-electron chi connectivity index (χ2n) is 2.43. The van der Waals surface area contributed by atoms with E-state index in [4.69, 9.17) is 10.2 Å². The van der Waals surface area contributed by atoms with Crippen molar-refractivity contribution in [2.75, 3.05) is 0 Å². The van der Waals surface area contributed by atoms with Crippen molar-refractivity contribution < 1.29 is 19.8 Å². The molecule has 1 aromatic rings. The number of carboxylic acid groups (broad SMARTS) is 1. The summed E-state index contributed by atoms with van der Waals surface area (Å²) in [6.45, 7) is 0. The Labute approximate surface area is 77.8 Å². The van der Waals surface area contributed by atoms with Crippen LogP contribution in [-0.2, 0) is 0 Å². The molecule has 0 aliphatic rings. The van der Waals surface area contributed by atoms with Crippen LogP contribution in [0, 0.1) is 4.91 Å². The molecule has 0 saturated carbocycles. The fraction of sp³-hybridized carbons (Fsp3) is 0. The zero-order valence-corrected chi connectivity index (χ0v) is 6.80. The molecule has 0 fully saturated rings. The molecule has 6 nitrogen and oxygen atoms in total. The van der Waals surface area contributed by atoms with Gasteiger partial charge in [0, 0.05) is 10.7 Å². The standard InChI is InChI=1S/C8H5NO5/c10-6-3-4(7(11)9-14)1-2-5(6)8(12)13/h1-3,10H,(H,12,13). The van der Waals surface area contributed by atoms with Crippen molar-refractivity contribution in [2.45, 2.75) is 0 Å². The third kappa shape index (κ3) is 1.74. The van der Waals surface area contributed by atoms with E-state index < -0.39 is 17.6 Å². The third-order valence-corrected chi connectivity index (χ3v) is 1.56. The number of carboxylic acids is 1. The van der Waals surface area contributed by atoms with Gasteiger partial charge in [-0.05, 0) is 18.2 Å². The van der Waals surface area contributed by atoms with Gasteiger partial charge in [0.1, 0.15) is 11.3 Å². The minimum absolute atomic E-state index is 0.150. The summed E-state index contributed by atoms with van der Waals surface area (Å²) in [6, 6.07) is 3.01.